The van der Waals surface area contributed by atoms with Gasteiger partial charge in [-0.05, 0) is 32.0 Å². The fourth-order valence-corrected chi connectivity index (χ4v) is 2.38. The Hall–Kier alpha value is 0.200. The van der Waals surface area contributed by atoms with E-state index in [1.807, 2.05) is 6.92 Å². The Kier molecular flexibility index (Phi) is 10.9. The van der Waals surface area contributed by atoms with Crippen LogP contribution in [0.1, 0.15) is 46.5 Å². The van der Waals surface area contributed by atoms with Crippen LogP contribution in [-0.2, 0) is 4.74 Å². The second-order valence-electron chi connectivity index (χ2n) is 3.41. The molecular weight excluding hydrogens is 226 g/mol. The first kappa shape index (κ1) is 15.2. The maximum absolute atomic E-state index is 5.29. The van der Waals surface area contributed by atoms with Crippen LogP contribution in [0.3, 0.4) is 0 Å². The first-order valence-corrected chi connectivity index (χ1v) is 7.02. The van der Waals surface area contributed by atoms with E-state index in [0.717, 1.165) is 13.1 Å². The minimum atomic E-state index is 0.657. The quantitative estimate of drug-likeness (QED) is 0.478. The zero-order valence-electron chi connectivity index (χ0n) is 10.1. The lowest BCUT2D eigenvalue weighted by Gasteiger charge is -2.20. The first-order valence-electron chi connectivity index (χ1n) is 5.84. The largest absolute Gasteiger partial charge is 0.478 e. The van der Waals surface area contributed by atoms with Crippen LogP contribution < -0.4 is 0 Å². The van der Waals surface area contributed by atoms with E-state index in [1.54, 1.807) is 11.9 Å². The van der Waals surface area contributed by atoms with Crippen molar-refractivity contribution in [2.75, 3.05) is 19.7 Å². The average molecular weight is 249 g/mol. The third-order valence-corrected chi connectivity index (χ3v) is 3.22. The van der Waals surface area contributed by atoms with E-state index in [4.69, 9.17) is 17.0 Å². The lowest BCUT2D eigenvalue weighted by atomic mass is 10.3. The van der Waals surface area contributed by atoms with Crippen molar-refractivity contribution < 1.29 is 4.74 Å². The molecule has 0 amide bonds. The topological polar surface area (TPSA) is 12.5 Å². The molecule has 0 aromatic carbocycles. The molecule has 0 saturated heterocycles. The summed E-state index contributed by atoms with van der Waals surface area (Å²) in [6, 6.07) is 0. The molecule has 0 radical (unpaired) electrons. The van der Waals surface area contributed by atoms with E-state index in [2.05, 4.69) is 18.2 Å². The van der Waals surface area contributed by atoms with Crippen molar-refractivity contribution in [2.45, 2.75) is 46.5 Å². The summed E-state index contributed by atoms with van der Waals surface area (Å²) in [5.74, 6) is 0. The molecule has 0 aromatic rings. The van der Waals surface area contributed by atoms with Crippen LogP contribution in [-0.4, -0.2) is 28.4 Å². The third kappa shape index (κ3) is 9.15. The van der Waals surface area contributed by atoms with Crippen molar-refractivity contribution in [3.8, 4) is 0 Å². The van der Waals surface area contributed by atoms with Crippen LogP contribution in [0, 0.1) is 0 Å². The molecule has 0 spiro atoms. The van der Waals surface area contributed by atoms with Gasteiger partial charge in [0.2, 0.25) is 4.38 Å². The number of ether oxygens (including phenoxy) is 1. The molecule has 2 nitrogen and oxygen atoms in total. The van der Waals surface area contributed by atoms with E-state index in [9.17, 15) is 0 Å². The Labute approximate surface area is 104 Å². The summed E-state index contributed by atoms with van der Waals surface area (Å²) in [6.07, 6.45) is 4.91. The molecule has 0 aliphatic rings. The SMILES string of the molecule is CCCCN(CCCC)SC(=S)OCC. The van der Waals surface area contributed by atoms with Gasteiger partial charge < -0.3 is 4.74 Å². The molecule has 0 atom stereocenters. The van der Waals surface area contributed by atoms with Crippen molar-refractivity contribution in [3.05, 3.63) is 0 Å². The Morgan fingerprint density at radius 1 is 1.13 bits per heavy atom. The molecule has 0 heterocycles. The molecule has 0 aliphatic heterocycles. The van der Waals surface area contributed by atoms with Gasteiger partial charge in [0.25, 0.3) is 0 Å². The molecule has 0 saturated carbocycles. The van der Waals surface area contributed by atoms with Crippen LogP contribution >= 0.6 is 24.2 Å². The van der Waals surface area contributed by atoms with Gasteiger partial charge in [0.05, 0.1) is 6.61 Å². The highest BCUT2D eigenvalue weighted by molar-refractivity contribution is 8.21. The number of rotatable bonds is 8. The molecule has 0 bridgehead atoms. The molecular formula is C11H23NOS2. The predicted octanol–water partition coefficient (Wildman–Crippen LogP) is 3.86. The fourth-order valence-electron chi connectivity index (χ4n) is 1.12. The summed E-state index contributed by atoms with van der Waals surface area (Å²) in [7, 11) is 0. The van der Waals surface area contributed by atoms with Gasteiger partial charge in [-0.1, -0.05) is 26.7 Å². The predicted molar refractivity (Wildman–Crippen MR) is 73.2 cm³/mol. The highest BCUT2D eigenvalue weighted by atomic mass is 32.2. The molecule has 0 rings (SSSR count). The number of thiocarbonyl (C=S) groups is 1. The van der Waals surface area contributed by atoms with Gasteiger partial charge in [0.1, 0.15) is 0 Å². The molecule has 0 fully saturated rings. The van der Waals surface area contributed by atoms with Crippen molar-refractivity contribution in [1.82, 2.24) is 4.31 Å². The van der Waals surface area contributed by atoms with Gasteiger partial charge in [0.15, 0.2) is 0 Å². The van der Waals surface area contributed by atoms with Crippen LogP contribution in [0.25, 0.3) is 0 Å². The summed E-state index contributed by atoms with van der Waals surface area (Å²) in [5, 5.41) is 0. The van der Waals surface area contributed by atoms with Crippen molar-refractivity contribution in [3.63, 3.8) is 0 Å². The van der Waals surface area contributed by atoms with Gasteiger partial charge >= 0.3 is 0 Å². The van der Waals surface area contributed by atoms with E-state index in [0.29, 0.717) is 11.0 Å². The number of hydrogen-bond donors (Lipinski definition) is 0. The summed E-state index contributed by atoms with van der Waals surface area (Å²) < 4.78 is 8.27. The van der Waals surface area contributed by atoms with Crippen molar-refractivity contribution >= 4 is 28.5 Å². The summed E-state index contributed by atoms with van der Waals surface area (Å²) in [4.78, 5) is 0. The minimum Gasteiger partial charge on any atom is -0.478 e. The average Bonchev–Trinajstić information content (AvgIpc) is 2.22. The second kappa shape index (κ2) is 10.7. The van der Waals surface area contributed by atoms with Crippen LogP contribution in [0.5, 0.6) is 0 Å². The number of nitrogens with zero attached hydrogens (tertiary/aromatic N) is 1. The Balaban J connectivity index is 3.82. The monoisotopic (exact) mass is 249 g/mol. The molecule has 0 aliphatic carbocycles. The smallest absolute Gasteiger partial charge is 0.235 e. The van der Waals surface area contributed by atoms with E-state index in [1.165, 1.54) is 25.7 Å². The van der Waals surface area contributed by atoms with Gasteiger partial charge in [-0.25, -0.2) is 4.31 Å². The van der Waals surface area contributed by atoms with E-state index >= 15 is 0 Å². The van der Waals surface area contributed by atoms with Gasteiger partial charge in [-0.2, -0.15) is 0 Å². The second-order valence-corrected chi connectivity index (χ2v) is 5.11. The Morgan fingerprint density at radius 3 is 2.07 bits per heavy atom. The lowest BCUT2D eigenvalue weighted by Crippen LogP contribution is -2.21. The number of unbranched alkanes of at least 4 members (excludes halogenated alkanes) is 2. The highest BCUT2D eigenvalue weighted by Gasteiger charge is 2.08. The normalized spacial score (nSPS) is 10.7. The van der Waals surface area contributed by atoms with Gasteiger partial charge in [-0.3, -0.25) is 0 Å². The number of hydrogen-bond acceptors (Lipinski definition) is 4. The van der Waals surface area contributed by atoms with Gasteiger partial charge in [-0.15, -0.1) is 0 Å². The van der Waals surface area contributed by atoms with Gasteiger partial charge in [0, 0.05) is 25.0 Å². The lowest BCUT2D eigenvalue weighted by molar-refractivity contribution is 0.343. The fraction of sp³-hybridized carbons (Fsp3) is 0.909. The maximum Gasteiger partial charge on any atom is 0.235 e. The zero-order chi connectivity index (χ0) is 11.5. The summed E-state index contributed by atoms with van der Waals surface area (Å²) in [5.41, 5.74) is 0. The van der Waals surface area contributed by atoms with Crippen LogP contribution in [0.4, 0.5) is 0 Å². The molecule has 0 aromatic heterocycles. The van der Waals surface area contributed by atoms with Crippen LogP contribution in [0.2, 0.25) is 0 Å². The third-order valence-electron chi connectivity index (χ3n) is 1.99. The van der Waals surface area contributed by atoms with Crippen molar-refractivity contribution in [1.29, 1.82) is 0 Å². The standard InChI is InChI=1S/C11H23NOS2/c1-4-7-9-12(10-8-5-2)15-11(14)13-6-3/h4-10H2,1-3H3. The Bertz CT molecular complexity index is 157. The molecule has 0 unspecified atom stereocenters. The summed E-state index contributed by atoms with van der Waals surface area (Å²) >= 11 is 6.72. The minimum absolute atomic E-state index is 0.657. The molecule has 15 heavy (non-hydrogen) atoms. The Morgan fingerprint density at radius 2 is 1.67 bits per heavy atom. The molecule has 90 valence electrons. The summed E-state index contributed by atoms with van der Waals surface area (Å²) in [6.45, 7) is 9.27. The molecule has 4 heteroatoms. The molecule has 0 N–H and O–H groups in total. The van der Waals surface area contributed by atoms with Crippen molar-refractivity contribution in [2.24, 2.45) is 0 Å². The first-order chi connectivity index (χ1) is 7.24. The van der Waals surface area contributed by atoms with E-state index in [-0.39, 0.29) is 0 Å². The zero-order valence-corrected chi connectivity index (χ0v) is 11.8. The van der Waals surface area contributed by atoms with E-state index < -0.39 is 0 Å². The highest BCUT2D eigenvalue weighted by Crippen LogP contribution is 2.15. The van der Waals surface area contributed by atoms with Crippen LogP contribution in [0.15, 0.2) is 0 Å². The maximum atomic E-state index is 5.29.